The van der Waals surface area contributed by atoms with E-state index in [0.717, 1.165) is 41.1 Å². The molecule has 1 saturated carbocycles. The van der Waals surface area contributed by atoms with E-state index < -0.39 is 5.54 Å². The molecule has 1 atom stereocenters. The van der Waals surface area contributed by atoms with E-state index in [2.05, 4.69) is 15.1 Å². The highest BCUT2D eigenvalue weighted by Crippen LogP contribution is 2.40. The van der Waals surface area contributed by atoms with Crippen LogP contribution in [-0.2, 0) is 16.9 Å². The molecule has 1 aliphatic heterocycles. The zero-order valence-corrected chi connectivity index (χ0v) is 18.9. The van der Waals surface area contributed by atoms with Gasteiger partial charge in [0.05, 0.1) is 6.20 Å². The van der Waals surface area contributed by atoms with Gasteiger partial charge < -0.3 is 5.73 Å². The van der Waals surface area contributed by atoms with Gasteiger partial charge in [0.2, 0.25) is 0 Å². The Morgan fingerprint density at radius 1 is 1.06 bits per heavy atom. The van der Waals surface area contributed by atoms with Gasteiger partial charge >= 0.3 is 0 Å². The Morgan fingerprint density at radius 3 is 2.58 bits per heavy atom. The van der Waals surface area contributed by atoms with Crippen LogP contribution in [0.4, 0.5) is 0 Å². The lowest BCUT2D eigenvalue weighted by Gasteiger charge is -2.25. The minimum atomic E-state index is -1.26. The van der Waals surface area contributed by atoms with Crippen molar-refractivity contribution in [2.24, 2.45) is 16.6 Å². The Morgan fingerprint density at radius 2 is 1.85 bits per heavy atom. The fraction of sp³-hybridized carbons (Fsp3) is 0.400. The number of aromatic nitrogens is 4. The Labute approximate surface area is 193 Å². The van der Waals surface area contributed by atoms with E-state index in [1.807, 2.05) is 35.1 Å². The molecule has 3 aromatic rings. The molecular formula is C25H29N7O. The molecule has 3 heterocycles. The van der Waals surface area contributed by atoms with Crippen molar-refractivity contribution < 1.29 is 4.79 Å². The molecule has 170 valence electrons. The van der Waals surface area contributed by atoms with Crippen LogP contribution in [0.1, 0.15) is 49.7 Å². The van der Waals surface area contributed by atoms with Gasteiger partial charge in [-0.15, -0.1) is 0 Å². The van der Waals surface area contributed by atoms with Crippen molar-refractivity contribution in [2.75, 3.05) is 7.05 Å². The van der Waals surface area contributed by atoms with Crippen molar-refractivity contribution in [1.82, 2.24) is 24.6 Å². The normalized spacial score (nSPS) is 21.4. The second-order valence-electron chi connectivity index (χ2n) is 9.04. The number of aliphatic imine (C=N–C) groups is 1. The van der Waals surface area contributed by atoms with E-state index in [9.17, 15) is 4.79 Å². The molecule has 2 N–H and O–H groups in total. The van der Waals surface area contributed by atoms with Gasteiger partial charge in [-0.05, 0) is 29.5 Å². The first-order valence-corrected chi connectivity index (χ1v) is 11.6. The summed E-state index contributed by atoms with van der Waals surface area (Å²) in [5, 5.41) is 4.60. The number of nitrogens with two attached hydrogens (primary N) is 1. The third-order valence-corrected chi connectivity index (χ3v) is 6.96. The average molecular weight is 444 g/mol. The van der Waals surface area contributed by atoms with Crippen LogP contribution in [0.25, 0.3) is 11.1 Å². The number of carbonyl (C=O) groups is 1. The van der Waals surface area contributed by atoms with E-state index in [4.69, 9.17) is 10.7 Å². The van der Waals surface area contributed by atoms with Crippen LogP contribution in [-0.4, -0.2) is 43.6 Å². The van der Waals surface area contributed by atoms with Gasteiger partial charge in [0, 0.05) is 43.3 Å². The highest BCUT2D eigenvalue weighted by molar-refractivity contribution is 6.09. The lowest BCUT2D eigenvalue weighted by molar-refractivity contribution is -0.129. The Kier molecular flexibility index (Phi) is 5.66. The first kappa shape index (κ1) is 21.3. The van der Waals surface area contributed by atoms with Crippen LogP contribution in [0.5, 0.6) is 0 Å². The van der Waals surface area contributed by atoms with E-state index in [1.54, 1.807) is 25.6 Å². The van der Waals surface area contributed by atoms with E-state index >= 15 is 0 Å². The largest absolute Gasteiger partial charge is 0.369 e. The number of hydrogen-bond donors (Lipinski definition) is 1. The maximum absolute atomic E-state index is 13.6. The second kappa shape index (κ2) is 8.77. The average Bonchev–Trinajstić information content (AvgIpc) is 3.43. The standard InChI is InChI=1S/C25H29N7O/c1-31-23(33)25(30-24(31)26,21-9-5-8-19(12-21)20-13-27-17-28-14-20)22-15-29-32(16-22)11-10-18-6-3-2-4-7-18/h5,8-9,12-18H,2-4,6-7,10-11H2,1H3,(H2,26,30). The Balaban J connectivity index is 1.50. The first-order valence-electron chi connectivity index (χ1n) is 11.6. The molecule has 1 amide bonds. The third kappa shape index (κ3) is 3.90. The van der Waals surface area contributed by atoms with Crippen LogP contribution in [0.15, 0.2) is 60.4 Å². The molecule has 8 heteroatoms. The Hall–Kier alpha value is -3.55. The smallest absolute Gasteiger partial charge is 0.266 e. The topological polar surface area (TPSA) is 102 Å². The lowest BCUT2D eigenvalue weighted by atomic mass is 9.83. The number of amides is 1. The summed E-state index contributed by atoms with van der Waals surface area (Å²) < 4.78 is 1.94. The van der Waals surface area contributed by atoms with Gasteiger partial charge in [-0.1, -0.05) is 50.3 Å². The zero-order chi connectivity index (χ0) is 22.8. The molecule has 0 bridgehead atoms. The van der Waals surface area contributed by atoms with Gasteiger partial charge in [0.1, 0.15) is 6.33 Å². The highest BCUT2D eigenvalue weighted by Gasteiger charge is 2.50. The zero-order valence-electron chi connectivity index (χ0n) is 18.9. The van der Waals surface area contributed by atoms with Crippen molar-refractivity contribution in [3.05, 3.63) is 66.5 Å². The molecule has 1 aromatic carbocycles. The van der Waals surface area contributed by atoms with Gasteiger partial charge in [-0.3, -0.25) is 14.4 Å². The summed E-state index contributed by atoms with van der Waals surface area (Å²) >= 11 is 0. The Bertz CT molecular complexity index is 1170. The SMILES string of the molecule is CN1C(=O)C(c2cccc(-c3cncnc3)c2)(c2cnn(CCC3CCCCC3)c2)N=C1N. The van der Waals surface area contributed by atoms with Crippen LogP contribution < -0.4 is 5.73 Å². The van der Waals surface area contributed by atoms with E-state index in [1.165, 1.54) is 43.3 Å². The maximum Gasteiger partial charge on any atom is 0.266 e. The second-order valence-corrected chi connectivity index (χ2v) is 9.04. The molecule has 2 aliphatic rings. The molecule has 0 radical (unpaired) electrons. The molecule has 0 spiro atoms. The molecule has 1 aliphatic carbocycles. The van der Waals surface area contributed by atoms with Crippen molar-refractivity contribution in [3.63, 3.8) is 0 Å². The molecule has 1 unspecified atom stereocenters. The minimum absolute atomic E-state index is 0.187. The number of likely N-dealkylation sites (N-methyl/N-ethyl adjacent to an activating group) is 1. The van der Waals surface area contributed by atoms with Crippen molar-refractivity contribution in [1.29, 1.82) is 0 Å². The van der Waals surface area contributed by atoms with Gasteiger partial charge in [-0.2, -0.15) is 5.10 Å². The van der Waals surface area contributed by atoms with E-state index in [-0.39, 0.29) is 11.9 Å². The number of nitrogens with zero attached hydrogens (tertiary/aromatic N) is 6. The summed E-state index contributed by atoms with van der Waals surface area (Å²) in [7, 11) is 1.66. The summed E-state index contributed by atoms with van der Waals surface area (Å²) in [6, 6.07) is 7.77. The monoisotopic (exact) mass is 443 g/mol. The number of carbonyl (C=O) groups excluding carboxylic acids is 1. The maximum atomic E-state index is 13.6. The minimum Gasteiger partial charge on any atom is -0.369 e. The fourth-order valence-corrected chi connectivity index (χ4v) is 5.02. The van der Waals surface area contributed by atoms with Crippen LogP contribution in [0.2, 0.25) is 0 Å². The molecule has 8 nitrogen and oxygen atoms in total. The molecule has 33 heavy (non-hydrogen) atoms. The van der Waals surface area contributed by atoms with Crippen molar-refractivity contribution in [3.8, 4) is 11.1 Å². The van der Waals surface area contributed by atoms with Crippen LogP contribution in [0.3, 0.4) is 0 Å². The van der Waals surface area contributed by atoms with Crippen LogP contribution >= 0.6 is 0 Å². The summed E-state index contributed by atoms with van der Waals surface area (Å²) in [4.78, 5) is 27.9. The van der Waals surface area contributed by atoms with Gasteiger partial charge in [0.25, 0.3) is 5.91 Å². The number of guanidine groups is 1. The summed E-state index contributed by atoms with van der Waals surface area (Å²) in [6.07, 6.45) is 16.4. The van der Waals surface area contributed by atoms with Crippen LogP contribution in [0, 0.1) is 5.92 Å². The molecule has 1 fully saturated rings. The molecule has 0 saturated heterocycles. The molecule has 2 aromatic heterocycles. The summed E-state index contributed by atoms with van der Waals surface area (Å²) in [6.45, 7) is 0.839. The van der Waals surface area contributed by atoms with Crippen molar-refractivity contribution >= 4 is 11.9 Å². The summed E-state index contributed by atoms with van der Waals surface area (Å²) in [5.74, 6) is 0.773. The highest BCUT2D eigenvalue weighted by atomic mass is 16.2. The van der Waals surface area contributed by atoms with Crippen molar-refractivity contribution in [2.45, 2.75) is 50.6 Å². The van der Waals surface area contributed by atoms with Gasteiger partial charge in [-0.25, -0.2) is 15.0 Å². The van der Waals surface area contributed by atoms with Gasteiger partial charge in [0.15, 0.2) is 11.5 Å². The number of benzene rings is 1. The lowest BCUT2D eigenvalue weighted by Crippen LogP contribution is -2.41. The quantitative estimate of drug-likeness (QED) is 0.629. The van der Waals surface area contributed by atoms with E-state index in [0.29, 0.717) is 0 Å². The first-order chi connectivity index (χ1) is 16.1. The molecule has 5 rings (SSSR count). The number of aryl methyl sites for hydroxylation is 1. The molecular weight excluding hydrogens is 414 g/mol. The predicted octanol–water partition coefficient (Wildman–Crippen LogP) is 3.34. The third-order valence-electron chi connectivity index (χ3n) is 6.96. The number of hydrogen-bond acceptors (Lipinski definition) is 6. The summed E-state index contributed by atoms with van der Waals surface area (Å²) in [5.41, 5.74) is 8.13. The number of rotatable bonds is 6. The fourth-order valence-electron chi connectivity index (χ4n) is 5.02. The predicted molar refractivity (Wildman–Crippen MR) is 126 cm³/mol.